The van der Waals surface area contributed by atoms with E-state index in [-0.39, 0.29) is 30.0 Å². The quantitative estimate of drug-likeness (QED) is 0.187. The number of hydrogen-bond donors (Lipinski definition) is 0. The predicted octanol–water partition coefficient (Wildman–Crippen LogP) is 7.40. The Morgan fingerprint density at radius 3 is 2.29 bits per heavy atom. The lowest BCUT2D eigenvalue weighted by molar-refractivity contribution is -0.144. The van der Waals surface area contributed by atoms with Crippen molar-refractivity contribution in [1.82, 2.24) is 4.90 Å². The van der Waals surface area contributed by atoms with Crippen LogP contribution in [0.15, 0.2) is 66.7 Å². The van der Waals surface area contributed by atoms with Crippen LogP contribution in [0.1, 0.15) is 93.4 Å². The van der Waals surface area contributed by atoms with E-state index < -0.39 is 5.97 Å². The second kappa shape index (κ2) is 11.9. The highest BCUT2D eigenvalue weighted by atomic mass is 16.5. The molecule has 0 atom stereocenters. The lowest BCUT2D eigenvalue weighted by Gasteiger charge is -2.44. The molecule has 2 aliphatic rings. The average molecular weight is 570 g/mol. The lowest BCUT2D eigenvalue weighted by Crippen LogP contribution is -2.42. The third-order valence-corrected chi connectivity index (χ3v) is 8.13. The molecule has 0 N–H and O–H groups in total. The van der Waals surface area contributed by atoms with Crippen LogP contribution in [0.5, 0.6) is 11.5 Å². The van der Waals surface area contributed by atoms with Crippen LogP contribution in [0, 0.1) is 0 Å². The van der Waals surface area contributed by atoms with Gasteiger partial charge in [-0.3, -0.25) is 9.69 Å². The fraction of sp³-hybridized carbons (Fsp3) is 0.444. The molecular formula is C36H43NO5. The highest BCUT2D eigenvalue weighted by Gasteiger charge is 2.41. The van der Waals surface area contributed by atoms with Crippen LogP contribution in [-0.2, 0) is 34.5 Å². The summed E-state index contributed by atoms with van der Waals surface area (Å²) in [5, 5.41) is 0. The van der Waals surface area contributed by atoms with Crippen LogP contribution >= 0.6 is 0 Å². The first-order valence-electron chi connectivity index (χ1n) is 15.0. The van der Waals surface area contributed by atoms with E-state index in [0.717, 1.165) is 41.0 Å². The zero-order valence-electron chi connectivity index (χ0n) is 25.7. The normalized spacial score (nSPS) is 17.0. The molecule has 0 bridgehead atoms. The first kappa shape index (κ1) is 29.8. The number of rotatable bonds is 10. The van der Waals surface area contributed by atoms with Crippen molar-refractivity contribution in [2.45, 2.75) is 103 Å². The van der Waals surface area contributed by atoms with Crippen molar-refractivity contribution in [1.29, 1.82) is 0 Å². The van der Waals surface area contributed by atoms with Crippen LogP contribution in [0.25, 0.3) is 0 Å². The van der Waals surface area contributed by atoms with Gasteiger partial charge in [-0.25, -0.2) is 4.79 Å². The lowest BCUT2D eigenvalue weighted by atomic mass is 9.72. The van der Waals surface area contributed by atoms with Crippen molar-refractivity contribution in [3.05, 3.63) is 94.5 Å². The minimum absolute atomic E-state index is 0.147. The molecule has 0 amide bonds. The second-order valence-corrected chi connectivity index (χ2v) is 13.3. The van der Waals surface area contributed by atoms with Gasteiger partial charge < -0.3 is 14.2 Å². The van der Waals surface area contributed by atoms with Gasteiger partial charge in [0.2, 0.25) is 0 Å². The maximum atomic E-state index is 13.5. The average Bonchev–Trinajstić information content (AvgIpc) is 3.76. The van der Waals surface area contributed by atoms with Crippen molar-refractivity contribution >= 4 is 11.9 Å². The molecule has 1 fully saturated rings. The van der Waals surface area contributed by atoms with Gasteiger partial charge in [0.25, 0.3) is 0 Å². The summed E-state index contributed by atoms with van der Waals surface area (Å²) in [5.41, 5.74) is 3.88. The Morgan fingerprint density at radius 1 is 0.952 bits per heavy atom. The topological polar surface area (TPSA) is 65.1 Å². The zero-order chi connectivity index (χ0) is 30.1. The molecule has 6 nitrogen and oxygen atoms in total. The SMILES string of the molecule is CC(C)N(Cc1cc(C(=O)Oc2ccc(CC(=O)OCc3ccccc3)cc2)cc2c1OC(C)(C)CC2(C)C)C1CC1. The molecule has 1 aliphatic heterocycles. The largest absolute Gasteiger partial charge is 0.487 e. The third-order valence-electron chi connectivity index (χ3n) is 8.13. The third kappa shape index (κ3) is 7.22. The number of fused-ring (bicyclic) bond motifs is 1. The van der Waals surface area contributed by atoms with Gasteiger partial charge in [-0.2, -0.15) is 0 Å². The first-order valence-corrected chi connectivity index (χ1v) is 15.0. The number of hydrogen-bond acceptors (Lipinski definition) is 6. The summed E-state index contributed by atoms with van der Waals surface area (Å²) in [4.78, 5) is 28.3. The number of carbonyl (C=O) groups is 2. The molecule has 6 heteroatoms. The summed E-state index contributed by atoms with van der Waals surface area (Å²) in [7, 11) is 0. The zero-order valence-corrected chi connectivity index (χ0v) is 25.7. The van der Waals surface area contributed by atoms with E-state index >= 15 is 0 Å². The van der Waals surface area contributed by atoms with E-state index in [1.807, 2.05) is 42.5 Å². The second-order valence-electron chi connectivity index (χ2n) is 13.3. The molecule has 3 aromatic rings. The minimum Gasteiger partial charge on any atom is -0.487 e. The van der Waals surface area contributed by atoms with E-state index in [4.69, 9.17) is 14.2 Å². The molecule has 42 heavy (non-hydrogen) atoms. The van der Waals surface area contributed by atoms with Gasteiger partial charge in [-0.15, -0.1) is 0 Å². The fourth-order valence-electron chi connectivity index (χ4n) is 6.15. The van der Waals surface area contributed by atoms with Crippen molar-refractivity contribution in [2.24, 2.45) is 0 Å². The number of carbonyl (C=O) groups excluding carboxylic acids is 2. The van der Waals surface area contributed by atoms with Crippen molar-refractivity contribution in [3.63, 3.8) is 0 Å². The Balaban J connectivity index is 1.31. The predicted molar refractivity (Wildman–Crippen MR) is 164 cm³/mol. The monoisotopic (exact) mass is 569 g/mol. The fourth-order valence-corrected chi connectivity index (χ4v) is 6.15. The van der Waals surface area contributed by atoms with Crippen LogP contribution < -0.4 is 9.47 Å². The van der Waals surface area contributed by atoms with Crippen LogP contribution in [-0.4, -0.2) is 34.5 Å². The molecule has 3 aromatic carbocycles. The van der Waals surface area contributed by atoms with E-state index in [2.05, 4.69) is 46.4 Å². The van der Waals surface area contributed by atoms with Gasteiger partial charge in [-0.1, -0.05) is 56.3 Å². The summed E-state index contributed by atoms with van der Waals surface area (Å²) in [6, 6.07) is 21.5. The van der Waals surface area contributed by atoms with Crippen LogP contribution in [0.4, 0.5) is 0 Å². The van der Waals surface area contributed by atoms with E-state index in [9.17, 15) is 9.59 Å². The Labute approximate surface area is 250 Å². The van der Waals surface area contributed by atoms with E-state index in [0.29, 0.717) is 23.4 Å². The first-order chi connectivity index (χ1) is 19.9. The van der Waals surface area contributed by atoms with Crippen LogP contribution in [0.2, 0.25) is 0 Å². The molecule has 0 radical (unpaired) electrons. The van der Waals surface area contributed by atoms with Crippen molar-refractivity contribution in [3.8, 4) is 11.5 Å². The van der Waals surface area contributed by atoms with Gasteiger partial charge in [-0.05, 0) is 87.8 Å². The smallest absolute Gasteiger partial charge is 0.343 e. The summed E-state index contributed by atoms with van der Waals surface area (Å²) >= 11 is 0. The summed E-state index contributed by atoms with van der Waals surface area (Å²) < 4.78 is 17.8. The molecule has 5 rings (SSSR count). The van der Waals surface area contributed by atoms with Crippen molar-refractivity contribution in [2.75, 3.05) is 0 Å². The molecule has 222 valence electrons. The molecule has 0 saturated heterocycles. The molecule has 1 aliphatic carbocycles. The Morgan fingerprint density at radius 2 is 1.64 bits per heavy atom. The highest BCUT2D eigenvalue weighted by Crippen LogP contribution is 2.47. The van der Waals surface area contributed by atoms with Gasteiger partial charge >= 0.3 is 11.9 Å². The maximum absolute atomic E-state index is 13.5. The maximum Gasteiger partial charge on any atom is 0.343 e. The Bertz CT molecular complexity index is 1420. The van der Waals surface area contributed by atoms with Gasteiger partial charge in [0.05, 0.1) is 12.0 Å². The highest BCUT2D eigenvalue weighted by molar-refractivity contribution is 5.92. The number of nitrogens with zero attached hydrogens (tertiary/aromatic N) is 1. The molecule has 1 heterocycles. The van der Waals surface area contributed by atoms with E-state index in [1.54, 1.807) is 24.3 Å². The number of ether oxygens (including phenoxy) is 3. The minimum atomic E-state index is -0.405. The van der Waals surface area contributed by atoms with Crippen molar-refractivity contribution < 1.29 is 23.8 Å². The Hall–Kier alpha value is -3.64. The van der Waals surface area contributed by atoms with E-state index in [1.165, 1.54) is 12.8 Å². The summed E-state index contributed by atoms with van der Waals surface area (Å²) in [6.07, 6.45) is 3.41. The Kier molecular flexibility index (Phi) is 8.47. The molecular weight excluding hydrogens is 526 g/mol. The molecule has 0 unspecified atom stereocenters. The van der Waals surface area contributed by atoms with Gasteiger partial charge in [0, 0.05) is 29.8 Å². The van der Waals surface area contributed by atoms with Gasteiger partial charge in [0.1, 0.15) is 23.7 Å². The molecule has 0 aromatic heterocycles. The number of esters is 2. The molecule has 1 saturated carbocycles. The summed E-state index contributed by atoms with van der Waals surface area (Å²) in [6.45, 7) is 14.1. The van der Waals surface area contributed by atoms with Crippen LogP contribution in [0.3, 0.4) is 0 Å². The molecule has 0 spiro atoms. The van der Waals surface area contributed by atoms with Gasteiger partial charge in [0.15, 0.2) is 0 Å². The summed E-state index contributed by atoms with van der Waals surface area (Å²) in [5.74, 6) is 0.624. The standard InChI is InChI=1S/C36H43NO5/c1-24(2)37(29-14-15-29)21-28-19-27(20-31-33(28)42-36(5,6)23-35(31,3)4)34(39)41-30-16-12-25(13-17-30)18-32(38)40-22-26-10-8-7-9-11-26/h7-13,16-17,19-20,24,29H,14-15,18,21-23H2,1-6H3. The number of benzene rings is 3.